The van der Waals surface area contributed by atoms with Crippen molar-refractivity contribution in [3.8, 4) is 0 Å². The van der Waals surface area contributed by atoms with Crippen molar-refractivity contribution in [1.82, 2.24) is 5.32 Å². The molecule has 0 aliphatic carbocycles. The number of nitrogens with one attached hydrogen (secondary N) is 1. The van der Waals surface area contributed by atoms with Crippen molar-refractivity contribution < 1.29 is 0 Å². The highest BCUT2D eigenvalue weighted by atomic mass is 79.9. The maximum atomic E-state index is 3.68. The standard InChI is InChI=1S/C17H22BrNS/c1-4-9-19-15(16-7-8-17(18)20-16)11-14-10-12(2)5-6-13(14)3/h5-8,10,15,19H,4,9,11H2,1-3H3. The predicted octanol–water partition coefficient (Wildman–Crippen LogP) is 5.41. The van der Waals surface area contributed by atoms with Crippen molar-refractivity contribution in [2.45, 2.75) is 39.7 Å². The first kappa shape index (κ1) is 15.7. The number of halogens is 1. The largest absolute Gasteiger partial charge is 0.309 e. The fourth-order valence-corrected chi connectivity index (χ4v) is 3.85. The third-order valence-corrected chi connectivity index (χ3v) is 5.24. The van der Waals surface area contributed by atoms with Gasteiger partial charge >= 0.3 is 0 Å². The molecule has 1 nitrogen and oxygen atoms in total. The lowest BCUT2D eigenvalue weighted by Gasteiger charge is -2.19. The molecule has 0 saturated carbocycles. The molecule has 20 heavy (non-hydrogen) atoms. The molecule has 0 amide bonds. The van der Waals surface area contributed by atoms with Gasteiger partial charge in [-0.3, -0.25) is 0 Å². The van der Waals surface area contributed by atoms with Crippen molar-refractivity contribution in [3.63, 3.8) is 0 Å². The molecule has 0 aliphatic rings. The van der Waals surface area contributed by atoms with E-state index in [1.165, 1.54) is 25.4 Å². The number of benzene rings is 1. The predicted molar refractivity (Wildman–Crippen MR) is 92.7 cm³/mol. The lowest BCUT2D eigenvalue weighted by Crippen LogP contribution is -2.23. The molecule has 1 N–H and O–H groups in total. The molecule has 108 valence electrons. The van der Waals surface area contributed by atoms with Crippen molar-refractivity contribution >= 4 is 27.3 Å². The molecular formula is C17H22BrNS. The van der Waals surface area contributed by atoms with Gasteiger partial charge in [0.1, 0.15) is 0 Å². The summed E-state index contributed by atoms with van der Waals surface area (Å²) in [6.45, 7) is 7.65. The number of rotatable bonds is 6. The smallest absolute Gasteiger partial charge is 0.0701 e. The summed E-state index contributed by atoms with van der Waals surface area (Å²) in [6, 6.07) is 11.5. The monoisotopic (exact) mass is 351 g/mol. The number of hydrogen-bond acceptors (Lipinski definition) is 2. The average Bonchev–Trinajstić information content (AvgIpc) is 2.85. The maximum absolute atomic E-state index is 3.68. The van der Waals surface area contributed by atoms with E-state index in [1.54, 1.807) is 0 Å². The molecule has 0 fully saturated rings. The third kappa shape index (κ3) is 4.18. The van der Waals surface area contributed by atoms with Crippen LogP contribution in [0.5, 0.6) is 0 Å². The Bertz CT molecular complexity index is 562. The molecule has 1 aromatic carbocycles. The molecule has 2 aromatic rings. The third-order valence-electron chi connectivity index (χ3n) is 3.51. The van der Waals surface area contributed by atoms with E-state index in [-0.39, 0.29) is 0 Å². The molecule has 0 saturated heterocycles. The Morgan fingerprint density at radius 3 is 2.65 bits per heavy atom. The Morgan fingerprint density at radius 2 is 2.00 bits per heavy atom. The minimum atomic E-state index is 0.409. The van der Waals surface area contributed by atoms with Crippen LogP contribution in [0, 0.1) is 13.8 Å². The van der Waals surface area contributed by atoms with Gasteiger partial charge in [0.05, 0.1) is 3.79 Å². The van der Waals surface area contributed by atoms with E-state index >= 15 is 0 Å². The Kier molecular flexibility index (Phi) is 5.82. The zero-order valence-corrected chi connectivity index (χ0v) is 14.8. The van der Waals surface area contributed by atoms with Gasteiger partial charge in [-0.2, -0.15) is 0 Å². The van der Waals surface area contributed by atoms with Crippen LogP contribution in [0.3, 0.4) is 0 Å². The lowest BCUT2D eigenvalue weighted by molar-refractivity contribution is 0.535. The SMILES string of the molecule is CCCNC(Cc1cc(C)ccc1C)c1ccc(Br)s1. The molecule has 1 unspecified atom stereocenters. The van der Waals surface area contributed by atoms with E-state index in [0.29, 0.717) is 6.04 Å². The van der Waals surface area contributed by atoms with E-state index in [2.05, 4.69) is 72.3 Å². The summed E-state index contributed by atoms with van der Waals surface area (Å²) in [6.07, 6.45) is 2.22. The summed E-state index contributed by atoms with van der Waals surface area (Å²) >= 11 is 5.40. The first-order valence-electron chi connectivity index (χ1n) is 7.15. The van der Waals surface area contributed by atoms with Crippen LogP contribution in [0.15, 0.2) is 34.1 Å². The second kappa shape index (κ2) is 7.39. The van der Waals surface area contributed by atoms with Gasteiger partial charge in [0.15, 0.2) is 0 Å². The van der Waals surface area contributed by atoms with E-state index in [0.717, 1.165) is 19.4 Å². The van der Waals surface area contributed by atoms with Crippen LogP contribution in [0.2, 0.25) is 0 Å². The molecule has 0 aliphatic heterocycles. The molecule has 1 aromatic heterocycles. The Hall–Kier alpha value is -0.640. The molecular weight excluding hydrogens is 330 g/mol. The zero-order chi connectivity index (χ0) is 14.5. The minimum Gasteiger partial charge on any atom is -0.309 e. The Balaban J connectivity index is 2.21. The highest BCUT2D eigenvalue weighted by molar-refractivity contribution is 9.11. The first-order valence-corrected chi connectivity index (χ1v) is 8.76. The molecule has 0 spiro atoms. The van der Waals surface area contributed by atoms with Crippen molar-refractivity contribution in [1.29, 1.82) is 0 Å². The van der Waals surface area contributed by atoms with E-state index in [1.807, 2.05) is 11.3 Å². The average molecular weight is 352 g/mol. The number of hydrogen-bond donors (Lipinski definition) is 1. The molecule has 1 heterocycles. The van der Waals surface area contributed by atoms with Gasteiger partial charge in [-0.1, -0.05) is 30.7 Å². The van der Waals surface area contributed by atoms with E-state index < -0.39 is 0 Å². The molecule has 1 atom stereocenters. The van der Waals surface area contributed by atoms with Gasteiger partial charge in [-0.25, -0.2) is 0 Å². The van der Waals surface area contributed by atoms with Crippen LogP contribution in [0.1, 0.15) is 41.0 Å². The summed E-state index contributed by atoms with van der Waals surface area (Å²) in [5, 5.41) is 3.68. The molecule has 2 rings (SSSR count). The van der Waals surface area contributed by atoms with Crippen LogP contribution in [0.25, 0.3) is 0 Å². The van der Waals surface area contributed by atoms with Crippen molar-refractivity contribution in [2.24, 2.45) is 0 Å². The summed E-state index contributed by atoms with van der Waals surface area (Å²) in [5.74, 6) is 0. The van der Waals surface area contributed by atoms with Gasteiger partial charge in [-0.05, 0) is 72.4 Å². The fraction of sp³-hybridized carbons (Fsp3) is 0.412. The van der Waals surface area contributed by atoms with E-state index in [9.17, 15) is 0 Å². The van der Waals surface area contributed by atoms with Crippen LogP contribution in [-0.4, -0.2) is 6.54 Å². The summed E-state index contributed by atoms with van der Waals surface area (Å²) in [4.78, 5) is 1.41. The van der Waals surface area contributed by atoms with Gasteiger partial charge < -0.3 is 5.32 Å². The minimum absolute atomic E-state index is 0.409. The van der Waals surface area contributed by atoms with Crippen LogP contribution in [-0.2, 0) is 6.42 Å². The molecule has 3 heteroatoms. The zero-order valence-electron chi connectivity index (χ0n) is 12.4. The van der Waals surface area contributed by atoms with Crippen LogP contribution >= 0.6 is 27.3 Å². The molecule has 0 bridgehead atoms. The highest BCUT2D eigenvalue weighted by Crippen LogP contribution is 2.30. The van der Waals surface area contributed by atoms with E-state index in [4.69, 9.17) is 0 Å². The van der Waals surface area contributed by atoms with Crippen molar-refractivity contribution in [2.75, 3.05) is 6.54 Å². The highest BCUT2D eigenvalue weighted by Gasteiger charge is 2.15. The van der Waals surface area contributed by atoms with Crippen LogP contribution < -0.4 is 5.32 Å². The van der Waals surface area contributed by atoms with Crippen LogP contribution in [0.4, 0.5) is 0 Å². The van der Waals surface area contributed by atoms with Gasteiger partial charge in [0, 0.05) is 10.9 Å². The quantitative estimate of drug-likeness (QED) is 0.733. The van der Waals surface area contributed by atoms with Crippen molar-refractivity contribution in [3.05, 3.63) is 55.7 Å². The summed E-state index contributed by atoms with van der Waals surface area (Å²) in [7, 11) is 0. The number of aryl methyl sites for hydroxylation is 2. The summed E-state index contributed by atoms with van der Waals surface area (Å²) < 4.78 is 1.21. The second-order valence-electron chi connectivity index (χ2n) is 5.28. The Labute approximate surface area is 134 Å². The van der Waals surface area contributed by atoms with Gasteiger partial charge in [0.2, 0.25) is 0 Å². The maximum Gasteiger partial charge on any atom is 0.0701 e. The Morgan fingerprint density at radius 1 is 1.20 bits per heavy atom. The normalized spacial score (nSPS) is 12.6. The summed E-state index contributed by atoms with van der Waals surface area (Å²) in [5.41, 5.74) is 4.17. The topological polar surface area (TPSA) is 12.0 Å². The fourth-order valence-electron chi connectivity index (χ4n) is 2.35. The first-order chi connectivity index (χ1) is 9.60. The van der Waals surface area contributed by atoms with Gasteiger partial charge in [-0.15, -0.1) is 11.3 Å². The second-order valence-corrected chi connectivity index (χ2v) is 7.78. The number of thiophene rings is 1. The molecule has 0 radical (unpaired) electrons. The lowest BCUT2D eigenvalue weighted by atomic mass is 9.98. The van der Waals surface area contributed by atoms with Gasteiger partial charge in [0.25, 0.3) is 0 Å².